The topological polar surface area (TPSA) is 11.3 Å². The van der Waals surface area contributed by atoms with E-state index in [1.54, 1.807) is 6.26 Å². The van der Waals surface area contributed by atoms with Gasteiger partial charge in [-0.15, -0.1) is 11.6 Å². The van der Waals surface area contributed by atoms with Crippen LogP contribution in [0, 0.1) is 6.08 Å². The fourth-order valence-electron chi connectivity index (χ4n) is 1.55. The summed E-state index contributed by atoms with van der Waals surface area (Å²) in [6.07, 6.45) is 15.2. The molecule has 0 spiro atoms. The Labute approximate surface area is 78.5 Å². The molecule has 0 N–H and O–H groups in total. The van der Waals surface area contributed by atoms with Crippen LogP contribution in [0.15, 0.2) is 41.7 Å². The van der Waals surface area contributed by atoms with Gasteiger partial charge in [-0.2, -0.15) is 6.08 Å². The predicted octanol–water partition coefficient (Wildman–Crippen LogP) is 2.64. The van der Waals surface area contributed by atoms with Crippen molar-refractivity contribution in [1.82, 2.24) is 0 Å². The largest absolute Gasteiger partial charge is 0.297 e. The number of hydrogen-bond acceptors (Lipinski definition) is 0. The molecular formula is C12H12O. The number of ketones is 1. The van der Waals surface area contributed by atoms with Crippen LogP contribution in [0.2, 0.25) is 0 Å². The molecular weight excluding hydrogens is 160 g/mol. The van der Waals surface area contributed by atoms with Crippen LogP contribution in [-0.4, -0.2) is 5.78 Å². The zero-order chi connectivity index (χ0) is 9.10. The first kappa shape index (κ1) is 8.24. The van der Waals surface area contributed by atoms with Crippen molar-refractivity contribution in [3.05, 3.63) is 47.8 Å². The Morgan fingerprint density at radius 1 is 1.54 bits per heavy atom. The molecule has 0 aliphatic heterocycles. The number of rotatable bonds is 1. The van der Waals surface area contributed by atoms with Gasteiger partial charge in [-0.1, -0.05) is 24.5 Å². The van der Waals surface area contributed by atoms with Gasteiger partial charge in [0.25, 0.3) is 12.0 Å². The van der Waals surface area contributed by atoms with Crippen molar-refractivity contribution in [1.29, 1.82) is 0 Å². The van der Waals surface area contributed by atoms with E-state index >= 15 is 0 Å². The zero-order valence-electron chi connectivity index (χ0n) is 7.71. The van der Waals surface area contributed by atoms with E-state index in [1.807, 2.05) is 25.2 Å². The summed E-state index contributed by atoms with van der Waals surface area (Å²) < 4.78 is 5.45. The third kappa shape index (κ3) is 1.55. The molecule has 0 aromatic carbocycles. The van der Waals surface area contributed by atoms with Gasteiger partial charge in [0.1, 0.15) is 0 Å². The van der Waals surface area contributed by atoms with Gasteiger partial charge in [-0.25, -0.2) is 0 Å². The van der Waals surface area contributed by atoms with E-state index in [0.29, 0.717) is 0 Å². The first-order valence-corrected chi connectivity index (χ1v) is 4.55. The number of carbonyl (C=O) groups excluding carboxylic acids is 1. The molecule has 0 heterocycles. The summed E-state index contributed by atoms with van der Waals surface area (Å²) in [5.41, 5.74) is 2.50. The lowest BCUT2D eigenvalue weighted by molar-refractivity contribution is -0.371. The van der Waals surface area contributed by atoms with Crippen LogP contribution in [0.5, 0.6) is 0 Å². The zero-order valence-corrected chi connectivity index (χ0v) is 7.71. The third-order valence-corrected chi connectivity index (χ3v) is 2.14. The first-order valence-electron chi connectivity index (χ1n) is 4.55. The summed E-state index contributed by atoms with van der Waals surface area (Å²) in [6, 6.07) is 0. The van der Waals surface area contributed by atoms with E-state index in [1.165, 1.54) is 5.57 Å². The van der Waals surface area contributed by atoms with Crippen LogP contribution in [0.1, 0.15) is 19.8 Å². The molecule has 1 heteroatoms. The standard InChI is InChI=1S/C12H12O/c1-2-9-13-12-8-4-6-10-5-3-7-11(10)12/h2,4,6,8-9H,3,5H2,1H3/b9-2+. The third-order valence-electron chi connectivity index (χ3n) is 2.14. The Bertz CT molecular complexity index is 351. The van der Waals surface area contributed by atoms with Gasteiger partial charge in [0.05, 0.1) is 0 Å². The number of fused-ring (bicyclic) bond motifs is 1. The molecule has 2 aliphatic rings. The normalized spacial score (nSPS) is 23.6. The van der Waals surface area contributed by atoms with E-state index in [0.717, 1.165) is 24.2 Å². The van der Waals surface area contributed by atoms with Crippen LogP contribution >= 0.6 is 0 Å². The smallest absolute Gasteiger partial charge is 0.275 e. The molecule has 0 fully saturated rings. The van der Waals surface area contributed by atoms with Crippen molar-refractivity contribution in [2.24, 2.45) is 0 Å². The van der Waals surface area contributed by atoms with Gasteiger partial charge in [-0.3, -0.25) is 4.42 Å². The van der Waals surface area contributed by atoms with Crippen LogP contribution in [0.3, 0.4) is 0 Å². The average molecular weight is 172 g/mol. The van der Waals surface area contributed by atoms with Crippen molar-refractivity contribution < 1.29 is 4.42 Å². The molecule has 13 heavy (non-hydrogen) atoms. The average Bonchev–Trinajstić information content (AvgIpc) is 2.62. The highest BCUT2D eigenvalue weighted by molar-refractivity contribution is 6.09. The Hall–Kier alpha value is -1.37. The van der Waals surface area contributed by atoms with Crippen molar-refractivity contribution in [3.63, 3.8) is 0 Å². The molecule has 0 aromatic rings. The van der Waals surface area contributed by atoms with E-state index in [-0.39, 0.29) is 0 Å². The van der Waals surface area contributed by atoms with Gasteiger partial charge in [0.15, 0.2) is 0 Å². The molecule has 0 saturated carbocycles. The predicted molar refractivity (Wildman–Crippen MR) is 53.0 cm³/mol. The summed E-state index contributed by atoms with van der Waals surface area (Å²) in [5, 5.41) is 0. The van der Waals surface area contributed by atoms with E-state index in [4.69, 9.17) is 4.42 Å². The van der Waals surface area contributed by atoms with Gasteiger partial charge in [0.2, 0.25) is 0 Å². The fourth-order valence-corrected chi connectivity index (χ4v) is 1.55. The summed E-state index contributed by atoms with van der Waals surface area (Å²) in [6.45, 7) is 1.94. The second-order valence-electron chi connectivity index (χ2n) is 3.05. The monoisotopic (exact) mass is 172 g/mol. The molecule has 0 bridgehead atoms. The van der Waals surface area contributed by atoms with Crippen molar-refractivity contribution >= 4 is 5.78 Å². The highest BCUT2D eigenvalue weighted by Crippen LogP contribution is 2.27. The molecule has 2 aliphatic carbocycles. The first-order chi connectivity index (χ1) is 6.42. The molecule has 66 valence electrons. The molecule has 0 radical (unpaired) electrons. The fraction of sp³-hybridized carbons (Fsp3) is 0.250. The van der Waals surface area contributed by atoms with Gasteiger partial charge < -0.3 is 0 Å². The number of hydrogen-bond donors (Lipinski definition) is 0. The lowest BCUT2D eigenvalue weighted by Gasteiger charge is -2.10. The maximum Gasteiger partial charge on any atom is 0.297 e. The minimum atomic E-state index is 0.924. The Kier molecular flexibility index (Phi) is 2.26. The second kappa shape index (κ2) is 3.56. The second-order valence-corrected chi connectivity index (χ2v) is 3.05. The highest BCUT2D eigenvalue weighted by atomic mass is 16.4. The number of allylic oxidation sites excluding steroid dienone is 7. The van der Waals surface area contributed by atoms with Crippen molar-refractivity contribution in [2.45, 2.75) is 19.8 Å². The molecule has 2 rings (SSSR count). The van der Waals surface area contributed by atoms with Crippen molar-refractivity contribution in [2.75, 3.05) is 0 Å². The van der Waals surface area contributed by atoms with Crippen molar-refractivity contribution in [3.8, 4) is 0 Å². The Morgan fingerprint density at radius 2 is 2.46 bits per heavy atom. The maximum atomic E-state index is 5.45. The van der Waals surface area contributed by atoms with Crippen LogP contribution in [-0.2, 0) is 4.42 Å². The van der Waals surface area contributed by atoms with Crippen LogP contribution < -0.4 is 0 Å². The van der Waals surface area contributed by atoms with Crippen LogP contribution in [0.25, 0.3) is 0 Å². The minimum Gasteiger partial charge on any atom is -0.275 e. The van der Waals surface area contributed by atoms with Gasteiger partial charge in [-0.05, 0) is 13.0 Å². The highest BCUT2D eigenvalue weighted by Gasteiger charge is 2.14. The minimum absolute atomic E-state index is 0.924. The lowest BCUT2D eigenvalue weighted by Crippen LogP contribution is -2.04. The van der Waals surface area contributed by atoms with Gasteiger partial charge >= 0.3 is 0 Å². The summed E-state index contributed by atoms with van der Waals surface area (Å²) in [4.78, 5) is 0. The summed E-state index contributed by atoms with van der Waals surface area (Å²) in [7, 11) is 0. The molecule has 0 unspecified atom stereocenters. The van der Waals surface area contributed by atoms with E-state index in [2.05, 4.69) is 12.2 Å². The Morgan fingerprint density at radius 3 is 3.31 bits per heavy atom. The molecule has 0 atom stereocenters. The molecule has 0 aromatic heterocycles. The maximum absolute atomic E-state index is 5.45. The Balaban J connectivity index is 2.33. The summed E-state index contributed by atoms with van der Waals surface area (Å²) in [5.74, 6) is 0.924. The quantitative estimate of drug-likeness (QED) is 0.327. The SMILES string of the molecule is C/C=C/[O+]=C1C=CC=C2CC[C-]=C21. The van der Waals surface area contributed by atoms with Crippen LogP contribution in [0.4, 0.5) is 0 Å². The molecule has 0 amide bonds. The van der Waals surface area contributed by atoms with Gasteiger partial charge in [0, 0.05) is 6.08 Å². The summed E-state index contributed by atoms with van der Waals surface area (Å²) >= 11 is 0. The van der Waals surface area contributed by atoms with E-state index < -0.39 is 0 Å². The lowest BCUT2D eigenvalue weighted by atomic mass is 10.0. The molecule has 1 nitrogen and oxygen atoms in total. The molecule has 0 saturated heterocycles. The van der Waals surface area contributed by atoms with E-state index in [9.17, 15) is 0 Å².